The molecule has 10 heteroatoms. The number of nitrogens with zero attached hydrogens (tertiary/aromatic N) is 3. The van der Waals surface area contributed by atoms with Gasteiger partial charge in [-0.2, -0.15) is 0 Å². The second-order valence-corrected chi connectivity index (χ2v) is 10.5. The van der Waals surface area contributed by atoms with Crippen LogP contribution in [0.3, 0.4) is 0 Å². The average molecular weight is 494 g/mol. The summed E-state index contributed by atoms with van der Waals surface area (Å²) in [6.07, 6.45) is 0. The minimum absolute atomic E-state index is 0.0139. The van der Waals surface area contributed by atoms with Crippen molar-refractivity contribution in [2.24, 2.45) is 0 Å². The van der Waals surface area contributed by atoms with Gasteiger partial charge in [-0.25, -0.2) is 27.2 Å². The fourth-order valence-corrected chi connectivity index (χ4v) is 4.80. The average Bonchev–Trinajstić information content (AvgIpc) is 3.25. The molecule has 1 heterocycles. The summed E-state index contributed by atoms with van der Waals surface area (Å²) in [7, 11) is -3.79. The molecular formula is C25H24FN5O3S. The second-order valence-electron chi connectivity index (χ2n) is 8.85. The molecule has 2 N–H and O–H groups in total. The van der Waals surface area contributed by atoms with E-state index in [1.165, 1.54) is 47.1 Å². The second kappa shape index (κ2) is 9.40. The third kappa shape index (κ3) is 5.79. The van der Waals surface area contributed by atoms with Crippen molar-refractivity contribution in [2.75, 3.05) is 5.32 Å². The predicted octanol–water partition coefficient (Wildman–Crippen LogP) is 4.40. The van der Waals surface area contributed by atoms with Crippen LogP contribution in [-0.4, -0.2) is 34.6 Å². The number of amides is 1. The number of benzene rings is 3. The Kier molecular flexibility index (Phi) is 6.51. The number of halogens is 1. The highest BCUT2D eigenvalue weighted by Crippen LogP contribution is 2.22. The third-order valence-electron chi connectivity index (χ3n) is 4.76. The first kappa shape index (κ1) is 24.2. The molecule has 35 heavy (non-hydrogen) atoms. The third-order valence-corrected chi connectivity index (χ3v) is 6.51. The smallest absolute Gasteiger partial charge is 0.295 e. The number of aromatic nitrogens is 3. The molecule has 4 aromatic rings. The van der Waals surface area contributed by atoms with Gasteiger partial charge >= 0.3 is 0 Å². The van der Waals surface area contributed by atoms with Gasteiger partial charge in [-0.3, -0.25) is 4.79 Å². The van der Waals surface area contributed by atoms with Crippen molar-refractivity contribution < 1.29 is 17.6 Å². The molecule has 0 unspecified atom stereocenters. The van der Waals surface area contributed by atoms with Crippen molar-refractivity contribution in [3.8, 4) is 17.1 Å². The molecule has 180 valence electrons. The van der Waals surface area contributed by atoms with E-state index in [1.54, 1.807) is 26.8 Å². The first-order chi connectivity index (χ1) is 16.5. The Labute approximate surface area is 202 Å². The summed E-state index contributed by atoms with van der Waals surface area (Å²) in [4.78, 5) is 17.4. The van der Waals surface area contributed by atoms with Crippen LogP contribution < -0.4 is 10.0 Å². The molecule has 0 spiro atoms. The zero-order chi connectivity index (χ0) is 25.2. The molecule has 0 radical (unpaired) electrons. The molecular weight excluding hydrogens is 469 g/mol. The molecule has 0 aliphatic rings. The summed E-state index contributed by atoms with van der Waals surface area (Å²) >= 11 is 0. The predicted molar refractivity (Wildman–Crippen MR) is 131 cm³/mol. The van der Waals surface area contributed by atoms with Crippen LogP contribution in [-0.2, 0) is 10.0 Å². The minimum atomic E-state index is -3.79. The molecule has 0 aliphatic carbocycles. The Bertz CT molecular complexity index is 1460. The highest BCUT2D eigenvalue weighted by molar-refractivity contribution is 7.89. The molecule has 0 saturated heterocycles. The van der Waals surface area contributed by atoms with E-state index in [9.17, 15) is 17.6 Å². The Morgan fingerprint density at radius 3 is 2.29 bits per heavy atom. The van der Waals surface area contributed by atoms with E-state index in [1.807, 2.05) is 30.3 Å². The summed E-state index contributed by atoms with van der Waals surface area (Å²) in [5.41, 5.74) is 0.845. The van der Waals surface area contributed by atoms with Crippen molar-refractivity contribution in [1.29, 1.82) is 0 Å². The Morgan fingerprint density at radius 2 is 1.63 bits per heavy atom. The summed E-state index contributed by atoms with van der Waals surface area (Å²) in [5.74, 6) is -0.757. The van der Waals surface area contributed by atoms with Gasteiger partial charge in [-0.1, -0.05) is 36.4 Å². The van der Waals surface area contributed by atoms with Gasteiger partial charge in [0.1, 0.15) is 5.82 Å². The van der Waals surface area contributed by atoms with Crippen molar-refractivity contribution >= 4 is 21.6 Å². The summed E-state index contributed by atoms with van der Waals surface area (Å²) in [6.45, 7) is 5.22. The summed E-state index contributed by atoms with van der Waals surface area (Å²) in [6, 6.07) is 20.7. The molecule has 1 aromatic heterocycles. The quantitative estimate of drug-likeness (QED) is 0.414. The molecule has 0 fully saturated rings. The standard InChI is InChI=1S/C25H24FN5O3S/c1-25(2,3)30-35(33,34)21-11-7-10-19(16-21)27-24(32)22-28-23(17-8-5-4-6-9-17)31(29-22)20-14-12-18(26)13-15-20/h4-16,30H,1-3H3,(H,27,32). The molecule has 0 atom stereocenters. The van der Waals surface area contributed by atoms with Crippen LogP contribution in [0.5, 0.6) is 0 Å². The monoisotopic (exact) mass is 493 g/mol. The van der Waals surface area contributed by atoms with E-state index >= 15 is 0 Å². The first-order valence-corrected chi connectivity index (χ1v) is 12.2. The molecule has 3 aromatic carbocycles. The van der Waals surface area contributed by atoms with E-state index in [0.29, 0.717) is 17.1 Å². The van der Waals surface area contributed by atoms with E-state index in [0.717, 1.165) is 0 Å². The lowest BCUT2D eigenvalue weighted by Gasteiger charge is -2.20. The first-order valence-electron chi connectivity index (χ1n) is 10.8. The molecule has 0 bridgehead atoms. The van der Waals surface area contributed by atoms with Crippen LogP contribution in [0.1, 0.15) is 31.4 Å². The number of sulfonamides is 1. The summed E-state index contributed by atoms with van der Waals surface area (Å²) < 4.78 is 42.8. The molecule has 0 saturated carbocycles. The molecule has 4 rings (SSSR count). The number of hydrogen-bond donors (Lipinski definition) is 2. The summed E-state index contributed by atoms with van der Waals surface area (Å²) in [5, 5.41) is 7.00. The van der Waals surface area contributed by atoms with Gasteiger partial charge in [-0.15, -0.1) is 5.10 Å². The Hall–Kier alpha value is -3.89. The molecule has 0 aliphatic heterocycles. The zero-order valence-electron chi connectivity index (χ0n) is 19.4. The van der Waals surface area contributed by atoms with Crippen LogP contribution in [0.4, 0.5) is 10.1 Å². The minimum Gasteiger partial charge on any atom is -0.319 e. The van der Waals surface area contributed by atoms with Crippen LogP contribution in [0.2, 0.25) is 0 Å². The van der Waals surface area contributed by atoms with Crippen LogP contribution in [0.25, 0.3) is 17.1 Å². The fourth-order valence-electron chi connectivity index (χ4n) is 3.33. The lowest BCUT2D eigenvalue weighted by Crippen LogP contribution is -2.40. The van der Waals surface area contributed by atoms with Gasteiger partial charge < -0.3 is 5.32 Å². The lowest BCUT2D eigenvalue weighted by molar-refractivity contribution is 0.101. The maximum absolute atomic E-state index is 13.5. The van der Waals surface area contributed by atoms with Crippen LogP contribution in [0, 0.1) is 5.82 Å². The van der Waals surface area contributed by atoms with E-state index in [4.69, 9.17) is 0 Å². The number of hydrogen-bond acceptors (Lipinski definition) is 5. The van der Waals surface area contributed by atoms with E-state index in [-0.39, 0.29) is 16.4 Å². The topological polar surface area (TPSA) is 106 Å². The maximum atomic E-state index is 13.5. The molecule has 8 nitrogen and oxygen atoms in total. The number of carbonyl (C=O) groups is 1. The highest BCUT2D eigenvalue weighted by Gasteiger charge is 2.23. The number of anilines is 1. The van der Waals surface area contributed by atoms with Crippen LogP contribution >= 0.6 is 0 Å². The normalized spacial score (nSPS) is 11.9. The van der Waals surface area contributed by atoms with Gasteiger partial charge in [0.25, 0.3) is 5.91 Å². The van der Waals surface area contributed by atoms with Gasteiger partial charge in [0, 0.05) is 16.8 Å². The molecule has 1 amide bonds. The largest absolute Gasteiger partial charge is 0.319 e. The van der Waals surface area contributed by atoms with Gasteiger partial charge in [0.15, 0.2) is 5.82 Å². The van der Waals surface area contributed by atoms with Gasteiger partial charge in [-0.05, 0) is 63.2 Å². The number of rotatable bonds is 6. The highest BCUT2D eigenvalue weighted by atomic mass is 32.2. The fraction of sp³-hybridized carbons (Fsp3) is 0.160. The maximum Gasteiger partial charge on any atom is 0.295 e. The van der Waals surface area contributed by atoms with Crippen molar-refractivity contribution in [2.45, 2.75) is 31.2 Å². The number of nitrogens with one attached hydrogen (secondary N) is 2. The van der Waals surface area contributed by atoms with Crippen LogP contribution in [0.15, 0.2) is 83.8 Å². The van der Waals surface area contributed by atoms with Crippen molar-refractivity contribution in [1.82, 2.24) is 19.5 Å². The van der Waals surface area contributed by atoms with Crippen molar-refractivity contribution in [3.05, 3.63) is 90.5 Å². The Balaban J connectivity index is 1.66. The van der Waals surface area contributed by atoms with Gasteiger partial charge in [0.05, 0.1) is 10.6 Å². The Morgan fingerprint density at radius 1 is 0.943 bits per heavy atom. The SMILES string of the molecule is CC(C)(C)NS(=O)(=O)c1cccc(NC(=O)c2nc(-c3ccccc3)n(-c3ccc(F)cc3)n2)c1. The lowest BCUT2D eigenvalue weighted by atomic mass is 10.1. The number of carbonyl (C=O) groups excluding carboxylic acids is 1. The van der Waals surface area contributed by atoms with E-state index < -0.39 is 27.3 Å². The van der Waals surface area contributed by atoms with Crippen molar-refractivity contribution in [3.63, 3.8) is 0 Å². The van der Waals surface area contributed by atoms with E-state index in [2.05, 4.69) is 20.1 Å². The van der Waals surface area contributed by atoms with Gasteiger partial charge in [0.2, 0.25) is 15.8 Å². The zero-order valence-corrected chi connectivity index (χ0v) is 20.2.